The predicted molar refractivity (Wildman–Crippen MR) is 60.4 cm³/mol. The van der Waals surface area contributed by atoms with Crippen LogP contribution >= 0.6 is 46.4 Å². The summed E-state index contributed by atoms with van der Waals surface area (Å²) < 4.78 is -1.62. The van der Waals surface area contributed by atoms with Gasteiger partial charge in [0.05, 0.1) is 0 Å². The Labute approximate surface area is 103 Å². The van der Waals surface area contributed by atoms with Gasteiger partial charge in [-0.2, -0.15) is 0 Å². The molecule has 0 bridgehead atoms. The normalized spacial score (nSPS) is 11.9. The molecule has 0 N–H and O–H groups in total. The zero-order valence-corrected chi connectivity index (χ0v) is 10.6. The quantitative estimate of drug-likeness (QED) is 0.574. The lowest BCUT2D eigenvalue weighted by molar-refractivity contribution is 0.903. The first-order valence-electron chi connectivity index (χ1n) is 3.96. The van der Waals surface area contributed by atoms with Gasteiger partial charge in [0.15, 0.2) is 5.82 Å². The monoisotopic (exact) mass is 272 g/mol. The molecule has 0 aliphatic carbocycles. The van der Waals surface area contributed by atoms with Crippen LogP contribution < -0.4 is 0 Å². The third-order valence-corrected chi connectivity index (χ3v) is 2.59. The number of alkyl halides is 3. The van der Waals surface area contributed by atoms with E-state index in [1.54, 1.807) is 0 Å². The summed E-state index contributed by atoms with van der Waals surface area (Å²) in [6.45, 7) is 3.78. The molecular formula is C8H8Cl4N2. The average molecular weight is 274 g/mol. The second-order valence-electron chi connectivity index (χ2n) is 2.75. The maximum Gasteiger partial charge on any atom is 0.250 e. The fourth-order valence-corrected chi connectivity index (χ4v) is 1.69. The third-order valence-electron chi connectivity index (χ3n) is 1.77. The van der Waals surface area contributed by atoms with Gasteiger partial charge < -0.3 is 0 Å². The molecular weight excluding hydrogens is 266 g/mol. The van der Waals surface area contributed by atoms with Crippen molar-refractivity contribution in [3.63, 3.8) is 0 Å². The molecule has 78 valence electrons. The molecule has 1 heterocycles. The first-order chi connectivity index (χ1) is 6.36. The van der Waals surface area contributed by atoms with E-state index in [1.807, 2.05) is 13.8 Å². The molecule has 0 saturated carbocycles. The van der Waals surface area contributed by atoms with Crippen LogP contribution in [0.4, 0.5) is 0 Å². The van der Waals surface area contributed by atoms with E-state index in [2.05, 4.69) is 9.97 Å². The summed E-state index contributed by atoms with van der Waals surface area (Å²) in [6, 6.07) is 0. The highest BCUT2D eigenvalue weighted by Gasteiger charge is 2.28. The highest BCUT2D eigenvalue weighted by atomic mass is 35.6. The van der Waals surface area contributed by atoms with Crippen LogP contribution in [0.25, 0.3) is 0 Å². The van der Waals surface area contributed by atoms with Gasteiger partial charge in [0.25, 0.3) is 0 Å². The molecule has 0 fully saturated rings. The number of rotatable bonds is 1. The van der Waals surface area contributed by atoms with Crippen LogP contribution in [0.1, 0.15) is 24.0 Å². The molecule has 0 spiro atoms. The van der Waals surface area contributed by atoms with E-state index in [9.17, 15) is 0 Å². The number of hydrogen-bond donors (Lipinski definition) is 0. The molecule has 1 aromatic heterocycles. The van der Waals surface area contributed by atoms with Gasteiger partial charge in [-0.3, -0.25) is 0 Å². The van der Waals surface area contributed by atoms with Crippen molar-refractivity contribution in [2.75, 3.05) is 0 Å². The van der Waals surface area contributed by atoms with Crippen LogP contribution in [0.3, 0.4) is 0 Å². The second kappa shape index (κ2) is 4.40. The molecule has 0 amide bonds. The standard InChI is InChI=1S/C8H8Cl4N2/c1-3-5-4(2)13-7(8(10,11)12)14-6(5)9/h3H2,1-2H3. The van der Waals surface area contributed by atoms with Crippen molar-refractivity contribution in [3.05, 3.63) is 22.2 Å². The van der Waals surface area contributed by atoms with Crippen LogP contribution in [0.15, 0.2) is 0 Å². The largest absolute Gasteiger partial charge is 0.250 e. The van der Waals surface area contributed by atoms with Crippen LogP contribution in [0, 0.1) is 6.92 Å². The van der Waals surface area contributed by atoms with Crippen LogP contribution in [0.2, 0.25) is 5.15 Å². The van der Waals surface area contributed by atoms with Crippen molar-refractivity contribution < 1.29 is 0 Å². The smallest absolute Gasteiger partial charge is 0.234 e. The van der Waals surface area contributed by atoms with Crippen LogP contribution in [-0.4, -0.2) is 9.97 Å². The summed E-state index contributed by atoms with van der Waals surface area (Å²) in [4.78, 5) is 8.02. The fraction of sp³-hybridized carbons (Fsp3) is 0.500. The van der Waals surface area contributed by atoms with E-state index in [-0.39, 0.29) is 5.82 Å². The lowest BCUT2D eigenvalue weighted by Crippen LogP contribution is -2.10. The van der Waals surface area contributed by atoms with Gasteiger partial charge in [-0.15, -0.1) is 0 Å². The van der Waals surface area contributed by atoms with Crippen molar-refractivity contribution in [1.82, 2.24) is 9.97 Å². The van der Waals surface area contributed by atoms with E-state index in [0.29, 0.717) is 5.15 Å². The molecule has 0 aromatic carbocycles. The SMILES string of the molecule is CCc1c(C)nc(C(Cl)(Cl)Cl)nc1Cl. The Kier molecular flexibility index (Phi) is 3.87. The maximum atomic E-state index is 5.91. The minimum absolute atomic E-state index is 0.113. The minimum Gasteiger partial charge on any atom is -0.234 e. The van der Waals surface area contributed by atoms with Crippen molar-refractivity contribution in [2.24, 2.45) is 0 Å². The molecule has 0 unspecified atom stereocenters. The van der Waals surface area contributed by atoms with E-state index in [4.69, 9.17) is 46.4 Å². The minimum atomic E-state index is -1.62. The first-order valence-corrected chi connectivity index (χ1v) is 5.47. The highest BCUT2D eigenvalue weighted by Crippen LogP contribution is 2.36. The van der Waals surface area contributed by atoms with Gasteiger partial charge in [-0.25, -0.2) is 9.97 Å². The topological polar surface area (TPSA) is 25.8 Å². The Morgan fingerprint density at radius 3 is 2.14 bits per heavy atom. The van der Waals surface area contributed by atoms with Crippen molar-refractivity contribution in [2.45, 2.75) is 24.1 Å². The van der Waals surface area contributed by atoms with Crippen LogP contribution in [0.5, 0.6) is 0 Å². The molecule has 6 heteroatoms. The van der Waals surface area contributed by atoms with Gasteiger partial charge in [0.2, 0.25) is 3.79 Å². The summed E-state index contributed by atoms with van der Waals surface area (Å²) >= 11 is 22.8. The molecule has 0 aliphatic rings. The summed E-state index contributed by atoms with van der Waals surface area (Å²) in [5.74, 6) is 0.113. The van der Waals surface area contributed by atoms with Crippen molar-refractivity contribution in [3.8, 4) is 0 Å². The summed E-state index contributed by atoms with van der Waals surface area (Å²) in [7, 11) is 0. The maximum absolute atomic E-state index is 5.91. The fourth-order valence-electron chi connectivity index (χ4n) is 1.09. The Bertz CT molecular complexity index is 323. The second-order valence-corrected chi connectivity index (χ2v) is 5.39. The van der Waals surface area contributed by atoms with Gasteiger partial charge in [-0.05, 0) is 13.3 Å². The van der Waals surface area contributed by atoms with E-state index in [0.717, 1.165) is 17.7 Å². The Hall–Kier alpha value is 0.240. The molecule has 1 aromatic rings. The lowest BCUT2D eigenvalue weighted by Gasteiger charge is -2.12. The van der Waals surface area contributed by atoms with Gasteiger partial charge in [-0.1, -0.05) is 53.3 Å². The number of aryl methyl sites for hydroxylation is 1. The highest BCUT2D eigenvalue weighted by molar-refractivity contribution is 6.66. The molecule has 0 atom stereocenters. The first kappa shape index (κ1) is 12.3. The molecule has 1 rings (SSSR count). The lowest BCUT2D eigenvalue weighted by atomic mass is 10.2. The zero-order valence-electron chi connectivity index (χ0n) is 7.61. The van der Waals surface area contributed by atoms with E-state index in [1.165, 1.54) is 0 Å². The number of nitrogens with zero attached hydrogens (tertiary/aromatic N) is 2. The summed E-state index contributed by atoms with van der Waals surface area (Å²) in [6.07, 6.45) is 0.755. The Morgan fingerprint density at radius 2 is 1.79 bits per heavy atom. The van der Waals surface area contributed by atoms with Gasteiger partial charge in [0, 0.05) is 11.3 Å². The van der Waals surface area contributed by atoms with Crippen molar-refractivity contribution in [1.29, 1.82) is 0 Å². The summed E-state index contributed by atoms with van der Waals surface area (Å²) in [5, 5.41) is 0.348. The molecule has 14 heavy (non-hydrogen) atoms. The number of halogens is 4. The summed E-state index contributed by atoms with van der Waals surface area (Å²) in [5.41, 5.74) is 1.62. The Morgan fingerprint density at radius 1 is 1.21 bits per heavy atom. The predicted octanol–water partition coefficient (Wildman–Crippen LogP) is 3.83. The number of aromatic nitrogens is 2. The van der Waals surface area contributed by atoms with Gasteiger partial charge in [0.1, 0.15) is 5.15 Å². The molecule has 2 nitrogen and oxygen atoms in total. The molecule has 0 radical (unpaired) electrons. The Balaban J connectivity index is 3.28. The van der Waals surface area contributed by atoms with Crippen LogP contribution in [-0.2, 0) is 10.2 Å². The molecule has 0 saturated heterocycles. The third kappa shape index (κ3) is 2.63. The van der Waals surface area contributed by atoms with E-state index < -0.39 is 3.79 Å². The van der Waals surface area contributed by atoms with Gasteiger partial charge >= 0.3 is 0 Å². The van der Waals surface area contributed by atoms with Crippen molar-refractivity contribution >= 4 is 46.4 Å². The van der Waals surface area contributed by atoms with E-state index >= 15 is 0 Å². The average Bonchev–Trinajstić information content (AvgIpc) is 2.01. The molecule has 0 aliphatic heterocycles. The number of hydrogen-bond acceptors (Lipinski definition) is 2. The zero-order chi connectivity index (χ0) is 10.9.